The summed E-state index contributed by atoms with van der Waals surface area (Å²) in [5, 5.41) is 0. The van der Waals surface area contributed by atoms with Crippen LogP contribution in [0.5, 0.6) is 0 Å². The van der Waals surface area contributed by atoms with Gasteiger partial charge in [-0.3, -0.25) is 4.79 Å². The number of nitrogens with two attached hydrogens (primary N) is 1. The molecule has 0 spiro atoms. The van der Waals surface area contributed by atoms with Gasteiger partial charge in [0.05, 0.1) is 11.9 Å². The first-order valence-corrected chi connectivity index (χ1v) is 7.25. The van der Waals surface area contributed by atoms with Crippen LogP contribution in [0.4, 0.5) is 5.69 Å². The lowest BCUT2D eigenvalue weighted by atomic mass is 10.2. The molecule has 1 saturated carbocycles. The Balaban J connectivity index is 2.11. The molecule has 1 aromatic heterocycles. The number of nitrogen functional groups attached to an aromatic ring is 1. The highest BCUT2D eigenvalue weighted by molar-refractivity contribution is 5.92. The predicted octanol–water partition coefficient (Wildman–Crippen LogP) is 1.61. The molecule has 0 radical (unpaired) electrons. The number of hydrogen-bond donors (Lipinski definition) is 1. The molecule has 1 aliphatic carbocycles. The van der Waals surface area contributed by atoms with E-state index >= 15 is 0 Å². The number of pyridine rings is 1. The maximum absolute atomic E-state index is 12.7. The van der Waals surface area contributed by atoms with Crippen LogP contribution in [-0.2, 0) is 0 Å². The molecule has 1 fully saturated rings. The minimum absolute atomic E-state index is 0.0266. The van der Waals surface area contributed by atoms with Gasteiger partial charge < -0.3 is 15.5 Å². The van der Waals surface area contributed by atoms with Gasteiger partial charge in [-0.2, -0.15) is 0 Å². The van der Waals surface area contributed by atoms with E-state index in [-0.39, 0.29) is 5.91 Å². The van der Waals surface area contributed by atoms with Crippen LogP contribution in [0.3, 0.4) is 0 Å². The van der Waals surface area contributed by atoms with E-state index in [9.17, 15) is 4.79 Å². The van der Waals surface area contributed by atoms with E-state index in [4.69, 9.17) is 5.73 Å². The molecule has 0 saturated heterocycles. The number of likely N-dealkylation sites (N-methyl/N-ethyl adjacent to an activating group) is 1. The summed E-state index contributed by atoms with van der Waals surface area (Å²) in [6.45, 7) is 1.62. The van der Waals surface area contributed by atoms with Gasteiger partial charge in [0.2, 0.25) is 0 Å². The third kappa shape index (κ3) is 3.70. The van der Waals surface area contributed by atoms with Crippen LogP contribution in [0, 0.1) is 0 Å². The number of anilines is 1. The Morgan fingerprint density at radius 2 is 2.00 bits per heavy atom. The average molecular weight is 276 g/mol. The van der Waals surface area contributed by atoms with Gasteiger partial charge >= 0.3 is 0 Å². The quantitative estimate of drug-likeness (QED) is 0.887. The molecule has 1 amide bonds. The highest BCUT2D eigenvalue weighted by atomic mass is 16.2. The fourth-order valence-electron chi connectivity index (χ4n) is 2.65. The van der Waals surface area contributed by atoms with Crippen molar-refractivity contribution in [3.63, 3.8) is 0 Å². The van der Waals surface area contributed by atoms with E-state index in [0.29, 0.717) is 17.4 Å². The first-order valence-electron chi connectivity index (χ1n) is 7.25. The van der Waals surface area contributed by atoms with E-state index in [0.717, 1.165) is 25.9 Å². The molecule has 20 heavy (non-hydrogen) atoms. The second kappa shape index (κ2) is 6.70. The summed E-state index contributed by atoms with van der Waals surface area (Å²) in [5.74, 6) is 0.0266. The monoisotopic (exact) mass is 276 g/mol. The Labute approximate surface area is 120 Å². The maximum atomic E-state index is 12.7. The molecule has 2 rings (SSSR count). The van der Waals surface area contributed by atoms with E-state index in [1.807, 2.05) is 19.0 Å². The summed E-state index contributed by atoms with van der Waals surface area (Å²) in [7, 11) is 4.05. The number of aromatic nitrogens is 1. The molecular formula is C15H24N4O. The van der Waals surface area contributed by atoms with Crippen LogP contribution in [0.25, 0.3) is 0 Å². The lowest BCUT2D eigenvalue weighted by molar-refractivity contribution is 0.0661. The van der Waals surface area contributed by atoms with E-state index in [2.05, 4.69) is 9.88 Å². The number of carbonyl (C=O) groups excluding carboxylic acids is 1. The number of amides is 1. The Hall–Kier alpha value is -1.62. The fraction of sp³-hybridized carbons (Fsp3) is 0.600. The molecule has 0 unspecified atom stereocenters. The lowest BCUT2D eigenvalue weighted by Crippen LogP contribution is -2.43. The standard InChI is InChI=1S/C15H24N4O/c1-18(2)9-10-19(13-5-3-4-6-13)15(20)14-8-7-12(16)11-17-14/h7-8,11,13H,3-6,9-10,16H2,1-2H3. The normalized spacial score (nSPS) is 15.8. The van der Waals surface area contributed by atoms with Crippen molar-refractivity contribution in [2.45, 2.75) is 31.7 Å². The van der Waals surface area contributed by atoms with Crippen LogP contribution in [0.2, 0.25) is 0 Å². The first kappa shape index (κ1) is 14.8. The van der Waals surface area contributed by atoms with Crippen molar-refractivity contribution in [3.05, 3.63) is 24.0 Å². The maximum Gasteiger partial charge on any atom is 0.272 e. The lowest BCUT2D eigenvalue weighted by Gasteiger charge is -2.30. The minimum Gasteiger partial charge on any atom is -0.397 e. The zero-order chi connectivity index (χ0) is 14.5. The second-order valence-corrected chi connectivity index (χ2v) is 5.72. The number of rotatable bonds is 5. The molecule has 1 heterocycles. The molecule has 0 aliphatic heterocycles. The van der Waals surface area contributed by atoms with E-state index in [1.54, 1.807) is 18.3 Å². The largest absolute Gasteiger partial charge is 0.397 e. The Bertz CT molecular complexity index is 438. The van der Waals surface area contributed by atoms with Gasteiger partial charge in [-0.05, 0) is 39.1 Å². The van der Waals surface area contributed by atoms with Crippen molar-refractivity contribution in [3.8, 4) is 0 Å². The minimum atomic E-state index is 0.0266. The topological polar surface area (TPSA) is 62.5 Å². The van der Waals surface area contributed by atoms with Crippen LogP contribution in [0.1, 0.15) is 36.2 Å². The highest BCUT2D eigenvalue weighted by Crippen LogP contribution is 2.24. The van der Waals surface area contributed by atoms with Gasteiger partial charge in [0.1, 0.15) is 5.69 Å². The molecule has 1 aromatic rings. The molecule has 0 atom stereocenters. The molecule has 2 N–H and O–H groups in total. The molecule has 5 nitrogen and oxygen atoms in total. The Morgan fingerprint density at radius 1 is 1.30 bits per heavy atom. The third-order valence-corrected chi connectivity index (χ3v) is 3.82. The van der Waals surface area contributed by atoms with E-state index < -0.39 is 0 Å². The number of carbonyl (C=O) groups is 1. The molecule has 0 bridgehead atoms. The van der Waals surface area contributed by atoms with Crippen molar-refractivity contribution in [1.82, 2.24) is 14.8 Å². The van der Waals surface area contributed by atoms with Crippen LogP contribution >= 0.6 is 0 Å². The van der Waals surface area contributed by atoms with Gasteiger partial charge in [-0.1, -0.05) is 12.8 Å². The van der Waals surface area contributed by atoms with Gasteiger partial charge in [0.15, 0.2) is 0 Å². The molecule has 5 heteroatoms. The first-order chi connectivity index (χ1) is 9.58. The van der Waals surface area contributed by atoms with Crippen molar-refractivity contribution in [2.24, 2.45) is 0 Å². The summed E-state index contributed by atoms with van der Waals surface area (Å²) in [6, 6.07) is 3.82. The number of hydrogen-bond acceptors (Lipinski definition) is 4. The van der Waals surface area contributed by atoms with Crippen molar-refractivity contribution >= 4 is 11.6 Å². The molecule has 1 aliphatic rings. The van der Waals surface area contributed by atoms with Crippen LogP contribution < -0.4 is 5.73 Å². The van der Waals surface area contributed by atoms with Crippen molar-refractivity contribution < 1.29 is 4.79 Å². The molecule has 110 valence electrons. The molecular weight excluding hydrogens is 252 g/mol. The average Bonchev–Trinajstić information content (AvgIpc) is 2.93. The fourth-order valence-corrected chi connectivity index (χ4v) is 2.65. The summed E-state index contributed by atoms with van der Waals surface area (Å²) in [4.78, 5) is 20.9. The number of nitrogens with zero attached hydrogens (tertiary/aromatic N) is 3. The highest BCUT2D eigenvalue weighted by Gasteiger charge is 2.27. The smallest absolute Gasteiger partial charge is 0.272 e. The van der Waals surface area contributed by atoms with Gasteiger partial charge in [0, 0.05) is 19.1 Å². The van der Waals surface area contributed by atoms with Gasteiger partial charge in [-0.25, -0.2) is 4.98 Å². The predicted molar refractivity (Wildman–Crippen MR) is 80.5 cm³/mol. The van der Waals surface area contributed by atoms with Gasteiger partial charge in [-0.15, -0.1) is 0 Å². The SMILES string of the molecule is CN(C)CCN(C(=O)c1ccc(N)cn1)C1CCCC1. The Morgan fingerprint density at radius 3 is 2.55 bits per heavy atom. The zero-order valence-corrected chi connectivity index (χ0v) is 12.4. The Kier molecular flexibility index (Phi) is 4.95. The summed E-state index contributed by atoms with van der Waals surface area (Å²) in [5.41, 5.74) is 6.71. The summed E-state index contributed by atoms with van der Waals surface area (Å²) in [6.07, 6.45) is 6.19. The third-order valence-electron chi connectivity index (χ3n) is 3.82. The molecule has 0 aromatic carbocycles. The van der Waals surface area contributed by atoms with E-state index in [1.165, 1.54) is 12.8 Å². The van der Waals surface area contributed by atoms with Crippen LogP contribution in [0.15, 0.2) is 18.3 Å². The zero-order valence-electron chi connectivity index (χ0n) is 12.4. The van der Waals surface area contributed by atoms with Crippen LogP contribution in [-0.4, -0.2) is 53.9 Å². The second-order valence-electron chi connectivity index (χ2n) is 5.72. The summed E-state index contributed by atoms with van der Waals surface area (Å²) < 4.78 is 0. The van der Waals surface area contributed by atoms with Crippen molar-refractivity contribution in [1.29, 1.82) is 0 Å². The summed E-state index contributed by atoms with van der Waals surface area (Å²) >= 11 is 0. The van der Waals surface area contributed by atoms with Gasteiger partial charge in [0.25, 0.3) is 5.91 Å². The van der Waals surface area contributed by atoms with Crippen molar-refractivity contribution in [2.75, 3.05) is 32.9 Å².